The zero-order valence-electron chi connectivity index (χ0n) is 12.4. The van der Waals surface area contributed by atoms with Crippen molar-refractivity contribution >= 4 is 43.5 Å². The number of benzene rings is 2. The molecule has 0 aliphatic carbocycles. The second-order valence-corrected chi connectivity index (χ2v) is 7.28. The van der Waals surface area contributed by atoms with Crippen LogP contribution in [0, 0.1) is 20.8 Å². The van der Waals surface area contributed by atoms with Crippen LogP contribution in [0.15, 0.2) is 33.2 Å². The van der Waals surface area contributed by atoms with Crippen molar-refractivity contribution in [3.8, 4) is 5.75 Å². The molecule has 0 N–H and O–H groups in total. The van der Waals surface area contributed by atoms with E-state index in [4.69, 9.17) is 16.3 Å². The van der Waals surface area contributed by atoms with Gasteiger partial charge in [-0.05, 0) is 49.6 Å². The van der Waals surface area contributed by atoms with E-state index in [0.29, 0.717) is 0 Å². The molecule has 0 aliphatic heterocycles. The molecule has 2 aromatic carbocycles. The largest absolute Gasteiger partial charge is 0.496 e. The molecule has 2 aromatic rings. The number of ether oxygens (including phenoxy) is 1. The van der Waals surface area contributed by atoms with Gasteiger partial charge in [0.2, 0.25) is 0 Å². The maximum Gasteiger partial charge on any atom is 0.127 e. The van der Waals surface area contributed by atoms with Crippen LogP contribution in [-0.4, -0.2) is 7.11 Å². The summed E-state index contributed by atoms with van der Waals surface area (Å²) in [6, 6.07) is 8.27. The molecule has 1 unspecified atom stereocenters. The van der Waals surface area contributed by atoms with E-state index >= 15 is 0 Å². The Morgan fingerprint density at radius 3 is 2.33 bits per heavy atom. The predicted molar refractivity (Wildman–Crippen MR) is 96.7 cm³/mol. The van der Waals surface area contributed by atoms with Crippen LogP contribution < -0.4 is 4.74 Å². The van der Waals surface area contributed by atoms with Gasteiger partial charge in [0.1, 0.15) is 5.75 Å². The first-order valence-electron chi connectivity index (χ1n) is 6.60. The van der Waals surface area contributed by atoms with Crippen molar-refractivity contribution in [3.63, 3.8) is 0 Å². The molecule has 1 nitrogen and oxygen atoms in total. The fourth-order valence-electron chi connectivity index (χ4n) is 2.46. The van der Waals surface area contributed by atoms with E-state index in [0.717, 1.165) is 36.9 Å². The number of aryl methyl sites for hydroxylation is 2. The molecule has 0 bridgehead atoms. The molecular weight excluding hydrogens is 415 g/mol. The zero-order chi connectivity index (χ0) is 15.7. The van der Waals surface area contributed by atoms with Gasteiger partial charge in [-0.15, -0.1) is 11.6 Å². The van der Waals surface area contributed by atoms with Crippen LogP contribution in [-0.2, 0) is 0 Å². The lowest BCUT2D eigenvalue weighted by Crippen LogP contribution is -2.04. The maximum absolute atomic E-state index is 6.81. The molecule has 0 radical (unpaired) electrons. The van der Waals surface area contributed by atoms with E-state index in [1.807, 2.05) is 13.0 Å². The van der Waals surface area contributed by atoms with Gasteiger partial charge in [0.05, 0.1) is 12.5 Å². The Morgan fingerprint density at radius 2 is 1.71 bits per heavy atom. The minimum atomic E-state index is -0.273. The summed E-state index contributed by atoms with van der Waals surface area (Å²) >= 11 is 14.0. The quantitative estimate of drug-likeness (QED) is 0.505. The predicted octanol–water partition coefficient (Wildman–Crippen LogP) is 6.47. The molecule has 4 heteroatoms. The topological polar surface area (TPSA) is 9.23 Å². The van der Waals surface area contributed by atoms with Crippen molar-refractivity contribution in [1.82, 2.24) is 0 Å². The van der Waals surface area contributed by atoms with Crippen LogP contribution in [0.2, 0.25) is 0 Å². The van der Waals surface area contributed by atoms with Crippen molar-refractivity contribution in [2.24, 2.45) is 0 Å². The summed E-state index contributed by atoms with van der Waals surface area (Å²) in [4.78, 5) is 0. The third-order valence-corrected chi connectivity index (χ3v) is 5.59. The van der Waals surface area contributed by atoms with Crippen LogP contribution in [0.5, 0.6) is 5.75 Å². The zero-order valence-corrected chi connectivity index (χ0v) is 16.4. The van der Waals surface area contributed by atoms with Crippen molar-refractivity contribution in [3.05, 3.63) is 61.0 Å². The van der Waals surface area contributed by atoms with Gasteiger partial charge in [-0.3, -0.25) is 0 Å². The van der Waals surface area contributed by atoms with Gasteiger partial charge in [0.25, 0.3) is 0 Å². The molecule has 0 spiro atoms. The summed E-state index contributed by atoms with van der Waals surface area (Å²) < 4.78 is 7.66. The summed E-state index contributed by atoms with van der Waals surface area (Å²) in [6.07, 6.45) is 0. The fourth-order valence-corrected chi connectivity index (χ4v) is 4.07. The lowest BCUT2D eigenvalue weighted by atomic mass is 9.96. The number of halogens is 3. The Morgan fingerprint density at radius 1 is 1.05 bits per heavy atom. The molecule has 2 rings (SSSR count). The summed E-state index contributed by atoms with van der Waals surface area (Å²) in [5, 5.41) is -0.273. The van der Waals surface area contributed by atoms with Crippen molar-refractivity contribution in [2.45, 2.75) is 26.1 Å². The third kappa shape index (κ3) is 3.30. The highest BCUT2D eigenvalue weighted by Crippen LogP contribution is 2.43. The van der Waals surface area contributed by atoms with Crippen LogP contribution in [0.25, 0.3) is 0 Å². The number of hydrogen-bond donors (Lipinski definition) is 0. The van der Waals surface area contributed by atoms with E-state index in [1.54, 1.807) is 7.11 Å². The van der Waals surface area contributed by atoms with Gasteiger partial charge in [-0.25, -0.2) is 0 Å². The monoisotopic (exact) mass is 430 g/mol. The summed E-state index contributed by atoms with van der Waals surface area (Å²) in [6.45, 7) is 6.15. The van der Waals surface area contributed by atoms with E-state index in [-0.39, 0.29) is 5.38 Å². The molecule has 0 heterocycles. The molecular formula is C17H17Br2ClO. The lowest BCUT2D eigenvalue weighted by molar-refractivity contribution is 0.406. The molecule has 0 amide bonds. The molecule has 1 atom stereocenters. The third-order valence-electron chi connectivity index (χ3n) is 3.59. The standard InChI is InChI=1S/C17H17Br2ClO/c1-9-5-6-13(18)12(7-9)16(20)15-11(3)14(19)8-10(2)17(15)21-4/h5-8,16H,1-4H3. The number of rotatable bonds is 3. The van der Waals surface area contributed by atoms with E-state index in [2.05, 4.69) is 63.9 Å². The van der Waals surface area contributed by atoms with Gasteiger partial charge in [-0.1, -0.05) is 49.6 Å². The van der Waals surface area contributed by atoms with Crippen molar-refractivity contribution < 1.29 is 4.74 Å². The summed E-state index contributed by atoms with van der Waals surface area (Å²) in [5.74, 6) is 0.851. The van der Waals surface area contributed by atoms with Crippen LogP contribution in [0.1, 0.15) is 33.2 Å². The highest BCUT2D eigenvalue weighted by Gasteiger charge is 2.23. The molecule has 0 saturated heterocycles. The van der Waals surface area contributed by atoms with Crippen LogP contribution in [0.4, 0.5) is 0 Å². The molecule has 0 aliphatic rings. The van der Waals surface area contributed by atoms with Gasteiger partial charge >= 0.3 is 0 Å². The maximum atomic E-state index is 6.81. The second-order valence-electron chi connectivity index (χ2n) is 5.13. The highest BCUT2D eigenvalue weighted by molar-refractivity contribution is 9.10. The molecule has 0 fully saturated rings. The lowest BCUT2D eigenvalue weighted by Gasteiger charge is -2.21. The van der Waals surface area contributed by atoms with E-state index < -0.39 is 0 Å². The molecule has 112 valence electrons. The average Bonchev–Trinajstić information content (AvgIpc) is 2.44. The molecule has 0 aromatic heterocycles. The highest BCUT2D eigenvalue weighted by atomic mass is 79.9. The summed E-state index contributed by atoms with van der Waals surface area (Å²) in [7, 11) is 1.69. The first-order chi connectivity index (χ1) is 9.86. The number of hydrogen-bond acceptors (Lipinski definition) is 1. The van der Waals surface area contributed by atoms with Gasteiger partial charge in [0, 0.05) is 14.5 Å². The van der Waals surface area contributed by atoms with Crippen molar-refractivity contribution in [1.29, 1.82) is 0 Å². The van der Waals surface area contributed by atoms with Crippen LogP contribution in [0.3, 0.4) is 0 Å². The van der Waals surface area contributed by atoms with Crippen molar-refractivity contribution in [2.75, 3.05) is 7.11 Å². The fraction of sp³-hybridized carbons (Fsp3) is 0.294. The Hall–Kier alpha value is -0.510. The Kier molecular flexibility index (Phi) is 5.39. The number of methoxy groups -OCH3 is 1. The minimum absolute atomic E-state index is 0.273. The van der Waals surface area contributed by atoms with Gasteiger partial charge in [0.15, 0.2) is 0 Å². The van der Waals surface area contributed by atoms with E-state index in [9.17, 15) is 0 Å². The Balaban J connectivity index is 2.68. The SMILES string of the molecule is COc1c(C)cc(Br)c(C)c1C(Cl)c1cc(C)ccc1Br. The number of alkyl halides is 1. The second kappa shape index (κ2) is 6.72. The van der Waals surface area contributed by atoms with Crippen LogP contribution >= 0.6 is 43.5 Å². The average molecular weight is 433 g/mol. The minimum Gasteiger partial charge on any atom is -0.496 e. The van der Waals surface area contributed by atoms with E-state index in [1.165, 1.54) is 5.56 Å². The van der Waals surface area contributed by atoms with Gasteiger partial charge in [-0.2, -0.15) is 0 Å². The Bertz CT molecular complexity index is 683. The molecule has 0 saturated carbocycles. The first kappa shape index (κ1) is 16.9. The van der Waals surface area contributed by atoms with Gasteiger partial charge < -0.3 is 4.74 Å². The Labute approximate surface area is 147 Å². The normalized spacial score (nSPS) is 12.3. The first-order valence-corrected chi connectivity index (χ1v) is 8.62. The smallest absolute Gasteiger partial charge is 0.127 e. The summed E-state index contributed by atoms with van der Waals surface area (Å²) in [5.41, 5.74) is 5.42. The molecule has 21 heavy (non-hydrogen) atoms.